The molecule has 21 heavy (non-hydrogen) atoms. The van der Waals surface area contributed by atoms with Crippen LogP contribution in [0.4, 0.5) is 0 Å². The molecule has 0 bridgehead atoms. The fourth-order valence-electron chi connectivity index (χ4n) is 2.10. The Bertz CT molecular complexity index is 462. The molecule has 0 spiro atoms. The van der Waals surface area contributed by atoms with E-state index in [1.165, 1.54) is 25.7 Å². The predicted molar refractivity (Wildman–Crippen MR) is 81.3 cm³/mol. The van der Waals surface area contributed by atoms with Crippen molar-refractivity contribution in [2.24, 2.45) is 0 Å². The van der Waals surface area contributed by atoms with Crippen molar-refractivity contribution in [3.05, 3.63) is 29.8 Å². The fourth-order valence-corrected chi connectivity index (χ4v) is 2.10. The third-order valence-electron chi connectivity index (χ3n) is 3.33. The normalized spacial score (nSPS) is 11.6. The maximum atomic E-state index is 10.7. The van der Waals surface area contributed by atoms with E-state index in [2.05, 4.69) is 6.92 Å². The average molecular weight is 289 g/mol. The van der Waals surface area contributed by atoms with Crippen LogP contribution in [0.15, 0.2) is 24.3 Å². The molecule has 1 aromatic rings. The molecule has 1 N–H and O–H groups in total. The molecule has 0 radical (unpaired) electrons. The number of aliphatic carboxylic acids is 1. The fraction of sp³-hybridized carbons (Fsp3) is 0.529. The lowest BCUT2D eigenvalue weighted by Gasteiger charge is -2.09. The van der Waals surface area contributed by atoms with Gasteiger partial charge in [-0.3, -0.25) is 4.79 Å². The van der Waals surface area contributed by atoms with E-state index in [0.29, 0.717) is 6.61 Å². The Kier molecular flexibility index (Phi) is 7.96. The number of carboxylic acids is 1. The second kappa shape index (κ2) is 9.82. The molecule has 1 atom stereocenters. The van der Waals surface area contributed by atoms with Gasteiger partial charge < -0.3 is 9.84 Å². The SMILES string of the molecule is CCCCCCCOc1ccc(C(C#N)CC(=O)O)cc1. The minimum absolute atomic E-state index is 0.172. The van der Waals surface area contributed by atoms with Crippen molar-refractivity contribution in [3.8, 4) is 11.8 Å². The Balaban J connectivity index is 2.39. The quantitative estimate of drug-likeness (QED) is 0.658. The Hall–Kier alpha value is -2.02. The molecule has 0 aliphatic rings. The van der Waals surface area contributed by atoms with E-state index >= 15 is 0 Å². The van der Waals surface area contributed by atoms with E-state index < -0.39 is 11.9 Å². The second-order valence-electron chi connectivity index (χ2n) is 5.11. The summed E-state index contributed by atoms with van der Waals surface area (Å²) in [7, 11) is 0. The first-order valence-corrected chi connectivity index (χ1v) is 7.51. The largest absolute Gasteiger partial charge is 0.494 e. The lowest BCUT2D eigenvalue weighted by molar-refractivity contribution is -0.137. The van der Waals surface area contributed by atoms with Gasteiger partial charge in [0.15, 0.2) is 0 Å². The van der Waals surface area contributed by atoms with Gasteiger partial charge in [0.2, 0.25) is 0 Å². The highest BCUT2D eigenvalue weighted by molar-refractivity contribution is 5.68. The summed E-state index contributed by atoms with van der Waals surface area (Å²) in [5.41, 5.74) is 0.718. The van der Waals surface area contributed by atoms with E-state index in [0.717, 1.165) is 17.7 Å². The summed E-state index contributed by atoms with van der Waals surface area (Å²) in [5, 5.41) is 17.8. The number of ether oxygens (including phenoxy) is 1. The standard InChI is InChI=1S/C17H23NO3/c1-2-3-4-5-6-11-21-16-9-7-14(8-10-16)15(13-18)12-17(19)20/h7-10,15H,2-6,11-12H2,1H3,(H,19,20). The number of hydrogen-bond acceptors (Lipinski definition) is 3. The highest BCUT2D eigenvalue weighted by Gasteiger charge is 2.14. The van der Waals surface area contributed by atoms with Gasteiger partial charge in [-0.25, -0.2) is 0 Å². The lowest BCUT2D eigenvalue weighted by Crippen LogP contribution is -2.04. The van der Waals surface area contributed by atoms with E-state index in [4.69, 9.17) is 15.1 Å². The number of carbonyl (C=O) groups is 1. The number of nitrogens with zero attached hydrogens (tertiary/aromatic N) is 1. The summed E-state index contributed by atoms with van der Waals surface area (Å²) in [6.07, 6.45) is 5.81. The van der Waals surface area contributed by atoms with Crippen LogP contribution < -0.4 is 4.74 Å². The summed E-state index contributed by atoms with van der Waals surface area (Å²) in [4.78, 5) is 10.7. The summed E-state index contributed by atoms with van der Waals surface area (Å²) >= 11 is 0. The molecule has 0 amide bonds. The van der Waals surface area contributed by atoms with Crippen molar-refractivity contribution in [3.63, 3.8) is 0 Å². The maximum absolute atomic E-state index is 10.7. The molecule has 4 nitrogen and oxygen atoms in total. The summed E-state index contributed by atoms with van der Waals surface area (Å²) < 4.78 is 5.64. The lowest BCUT2D eigenvalue weighted by atomic mass is 9.97. The summed E-state index contributed by atoms with van der Waals surface area (Å²) in [6.45, 7) is 2.89. The first kappa shape index (κ1) is 17.0. The van der Waals surface area contributed by atoms with Gasteiger partial charge in [0.25, 0.3) is 0 Å². The van der Waals surface area contributed by atoms with Gasteiger partial charge in [0.05, 0.1) is 25.0 Å². The monoisotopic (exact) mass is 289 g/mol. The molecule has 4 heteroatoms. The molecule has 1 unspecified atom stereocenters. The van der Waals surface area contributed by atoms with Crippen molar-refractivity contribution in [2.45, 2.75) is 51.4 Å². The number of nitriles is 1. The van der Waals surface area contributed by atoms with E-state index in [1.807, 2.05) is 6.07 Å². The Morgan fingerprint density at radius 2 is 1.90 bits per heavy atom. The van der Waals surface area contributed by atoms with Crippen LogP contribution in [-0.4, -0.2) is 17.7 Å². The van der Waals surface area contributed by atoms with E-state index in [1.54, 1.807) is 24.3 Å². The number of unbranched alkanes of at least 4 members (excludes halogenated alkanes) is 4. The third-order valence-corrected chi connectivity index (χ3v) is 3.33. The Morgan fingerprint density at radius 3 is 2.48 bits per heavy atom. The Labute approximate surface area is 126 Å². The van der Waals surface area contributed by atoms with Crippen molar-refractivity contribution >= 4 is 5.97 Å². The molecule has 0 aliphatic carbocycles. The highest BCUT2D eigenvalue weighted by atomic mass is 16.5. The maximum Gasteiger partial charge on any atom is 0.305 e. The van der Waals surface area contributed by atoms with Crippen LogP contribution in [0.25, 0.3) is 0 Å². The highest BCUT2D eigenvalue weighted by Crippen LogP contribution is 2.22. The van der Waals surface area contributed by atoms with Crippen LogP contribution in [0.1, 0.15) is 56.9 Å². The van der Waals surface area contributed by atoms with Gasteiger partial charge in [-0.2, -0.15) is 5.26 Å². The minimum atomic E-state index is -0.964. The molecule has 1 rings (SSSR count). The number of hydrogen-bond donors (Lipinski definition) is 1. The zero-order valence-corrected chi connectivity index (χ0v) is 12.5. The van der Waals surface area contributed by atoms with Gasteiger partial charge in [-0.05, 0) is 24.1 Å². The van der Waals surface area contributed by atoms with Crippen LogP contribution in [0, 0.1) is 11.3 Å². The van der Waals surface area contributed by atoms with Crippen LogP contribution in [-0.2, 0) is 4.79 Å². The van der Waals surface area contributed by atoms with Crippen LogP contribution >= 0.6 is 0 Å². The molecule has 0 heterocycles. The van der Waals surface area contributed by atoms with Gasteiger partial charge in [-0.15, -0.1) is 0 Å². The van der Waals surface area contributed by atoms with Crippen molar-refractivity contribution in [1.29, 1.82) is 5.26 Å². The average Bonchev–Trinajstić information content (AvgIpc) is 2.49. The predicted octanol–water partition coefficient (Wildman–Crippen LogP) is 4.12. The van der Waals surface area contributed by atoms with E-state index in [9.17, 15) is 4.79 Å². The smallest absolute Gasteiger partial charge is 0.305 e. The molecule has 0 aromatic heterocycles. The van der Waals surface area contributed by atoms with Gasteiger partial charge in [-0.1, -0.05) is 44.7 Å². The summed E-state index contributed by atoms with van der Waals surface area (Å²) in [6, 6.07) is 9.15. The van der Waals surface area contributed by atoms with Gasteiger partial charge in [0, 0.05) is 0 Å². The molecule has 0 aliphatic heterocycles. The van der Waals surface area contributed by atoms with E-state index in [-0.39, 0.29) is 6.42 Å². The number of rotatable bonds is 10. The zero-order valence-electron chi connectivity index (χ0n) is 12.5. The van der Waals surface area contributed by atoms with Gasteiger partial charge >= 0.3 is 5.97 Å². The molecule has 1 aromatic carbocycles. The van der Waals surface area contributed by atoms with Crippen LogP contribution in [0.2, 0.25) is 0 Å². The minimum Gasteiger partial charge on any atom is -0.494 e. The molecular formula is C17H23NO3. The number of benzene rings is 1. The summed E-state index contributed by atoms with van der Waals surface area (Å²) in [5.74, 6) is -0.805. The zero-order chi connectivity index (χ0) is 15.5. The third kappa shape index (κ3) is 6.80. The molecule has 114 valence electrons. The number of carboxylic acid groups (broad SMARTS) is 1. The molecule has 0 fully saturated rings. The molecular weight excluding hydrogens is 266 g/mol. The first-order valence-electron chi connectivity index (χ1n) is 7.51. The van der Waals surface area contributed by atoms with Crippen LogP contribution in [0.5, 0.6) is 5.75 Å². The first-order chi connectivity index (χ1) is 10.2. The van der Waals surface area contributed by atoms with Crippen molar-refractivity contribution < 1.29 is 14.6 Å². The molecule has 0 saturated heterocycles. The topological polar surface area (TPSA) is 70.3 Å². The van der Waals surface area contributed by atoms with Gasteiger partial charge in [0.1, 0.15) is 5.75 Å². The van der Waals surface area contributed by atoms with Crippen molar-refractivity contribution in [2.75, 3.05) is 6.61 Å². The second-order valence-corrected chi connectivity index (χ2v) is 5.11. The van der Waals surface area contributed by atoms with Crippen LogP contribution in [0.3, 0.4) is 0 Å². The van der Waals surface area contributed by atoms with Crippen molar-refractivity contribution in [1.82, 2.24) is 0 Å². The Morgan fingerprint density at radius 1 is 1.24 bits per heavy atom. The molecule has 0 saturated carbocycles.